The first-order chi connectivity index (χ1) is 15.8. The summed E-state index contributed by atoms with van der Waals surface area (Å²) in [5, 5.41) is 0. The Bertz CT molecular complexity index is 1310. The second-order valence-electron chi connectivity index (χ2n) is 8.90. The lowest BCUT2D eigenvalue weighted by Crippen LogP contribution is -2.46. The fourth-order valence-electron chi connectivity index (χ4n) is 5.23. The summed E-state index contributed by atoms with van der Waals surface area (Å²) < 4.78 is 7.81. The molecule has 2 saturated heterocycles. The van der Waals surface area contributed by atoms with E-state index in [0.717, 1.165) is 42.6 Å². The molecule has 0 amide bonds. The van der Waals surface area contributed by atoms with Gasteiger partial charge >= 0.3 is 0 Å². The summed E-state index contributed by atoms with van der Waals surface area (Å²) in [6, 6.07) is 12.5. The molecule has 0 saturated carbocycles. The summed E-state index contributed by atoms with van der Waals surface area (Å²) in [6.45, 7) is 4.43. The molecule has 7 heteroatoms. The second-order valence-corrected chi connectivity index (χ2v) is 8.90. The lowest BCUT2D eigenvalue weighted by molar-refractivity contribution is 0.140. The van der Waals surface area contributed by atoms with Crippen LogP contribution in [0.4, 0.5) is 6.01 Å². The van der Waals surface area contributed by atoms with Gasteiger partial charge in [-0.25, -0.2) is 4.98 Å². The highest BCUT2D eigenvalue weighted by molar-refractivity contribution is 5.84. The van der Waals surface area contributed by atoms with E-state index in [1.807, 2.05) is 30.5 Å². The van der Waals surface area contributed by atoms with Crippen molar-refractivity contribution in [1.82, 2.24) is 19.3 Å². The molecule has 0 aromatic carbocycles. The summed E-state index contributed by atoms with van der Waals surface area (Å²) in [6.07, 6.45) is 9.96. The van der Waals surface area contributed by atoms with Crippen LogP contribution < -0.4 is 10.5 Å². The van der Waals surface area contributed by atoms with E-state index in [0.29, 0.717) is 23.3 Å². The molecule has 4 aromatic heterocycles. The van der Waals surface area contributed by atoms with E-state index in [1.54, 1.807) is 22.7 Å². The van der Waals surface area contributed by atoms with Gasteiger partial charge in [0.15, 0.2) is 5.58 Å². The Balaban J connectivity index is 1.26. The number of pyridine rings is 3. The van der Waals surface area contributed by atoms with Gasteiger partial charge in [-0.05, 0) is 57.0 Å². The van der Waals surface area contributed by atoms with Gasteiger partial charge in [0.05, 0.1) is 5.52 Å². The van der Waals surface area contributed by atoms with Crippen LogP contribution in [-0.4, -0.2) is 51.5 Å². The first-order valence-corrected chi connectivity index (χ1v) is 11.6. The predicted octanol–water partition coefficient (Wildman–Crippen LogP) is 3.96. The number of oxazole rings is 1. The largest absolute Gasteiger partial charge is 0.422 e. The molecule has 0 N–H and O–H groups in total. The number of rotatable bonds is 3. The lowest BCUT2D eigenvalue weighted by Gasteiger charge is -2.39. The minimum Gasteiger partial charge on any atom is -0.422 e. The van der Waals surface area contributed by atoms with Crippen molar-refractivity contribution in [2.75, 3.05) is 31.1 Å². The molecule has 0 atom stereocenters. The molecule has 6 heterocycles. The number of piperidine rings is 2. The molecule has 7 nitrogen and oxygen atoms in total. The minimum atomic E-state index is -0.0479. The zero-order valence-corrected chi connectivity index (χ0v) is 18.1. The molecular weight excluding hydrogens is 402 g/mol. The highest BCUT2D eigenvalue weighted by Crippen LogP contribution is 2.30. The van der Waals surface area contributed by atoms with E-state index in [9.17, 15) is 4.79 Å². The Morgan fingerprint density at radius 2 is 1.81 bits per heavy atom. The van der Waals surface area contributed by atoms with Crippen molar-refractivity contribution in [3.05, 3.63) is 59.1 Å². The molecule has 2 aliphatic rings. The Morgan fingerprint density at radius 1 is 0.969 bits per heavy atom. The summed E-state index contributed by atoms with van der Waals surface area (Å²) in [5.74, 6) is 0. The van der Waals surface area contributed by atoms with Crippen LogP contribution in [0.3, 0.4) is 0 Å². The van der Waals surface area contributed by atoms with Gasteiger partial charge in [-0.1, -0.05) is 18.6 Å². The maximum atomic E-state index is 12.2. The highest BCUT2D eigenvalue weighted by Gasteiger charge is 2.27. The Hall–Kier alpha value is -3.19. The van der Waals surface area contributed by atoms with Gasteiger partial charge in [-0.15, -0.1) is 0 Å². The van der Waals surface area contributed by atoms with Crippen molar-refractivity contribution in [3.8, 4) is 11.1 Å². The summed E-state index contributed by atoms with van der Waals surface area (Å²) in [4.78, 5) is 26.3. The third-order valence-corrected chi connectivity index (χ3v) is 6.95. The monoisotopic (exact) mass is 429 g/mol. The van der Waals surface area contributed by atoms with Crippen molar-refractivity contribution in [3.63, 3.8) is 0 Å². The average molecular weight is 430 g/mol. The molecule has 0 radical (unpaired) electrons. The van der Waals surface area contributed by atoms with Gasteiger partial charge in [-0.2, -0.15) is 4.98 Å². The number of hydrogen-bond donors (Lipinski definition) is 0. The van der Waals surface area contributed by atoms with Crippen molar-refractivity contribution in [2.24, 2.45) is 0 Å². The van der Waals surface area contributed by atoms with Crippen LogP contribution in [0.1, 0.15) is 32.1 Å². The molecule has 4 aromatic rings. The van der Waals surface area contributed by atoms with Gasteiger partial charge in [0.2, 0.25) is 5.65 Å². The first kappa shape index (κ1) is 19.5. The molecule has 32 heavy (non-hydrogen) atoms. The molecule has 6 rings (SSSR count). The number of nitrogens with zero attached hydrogens (tertiary/aromatic N) is 5. The fourth-order valence-corrected chi connectivity index (χ4v) is 5.23. The number of aromatic nitrogens is 3. The van der Waals surface area contributed by atoms with Gasteiger partial charge in [-0.3, -0.25) is 9.20 Å². The van der Waals surface area contributed by atoms with Gasteiger partial charge in [0, 0.05) is 48.7 Å². The van der Waals surface area contributed by atoms with Crippen LogP contribution in [0.15, 0.2) is 58.0 Å². The molecule has 2 fully saturated rings. The van der Waals surface area contributed by atoms with E-state index in [4.69, 9.17) is 4.42 Å². The Kier molecular flexibility index (Phi) is 4.91. The molecule has 0 spiro atoms. The van der Waals surface area contributed by atoms with Crippen LogP contribution in [0.2, 0.25) is 0 Å². The summed E-state index contributed by atoms with van der Waals surface area (Å²) in [5.41, 5.74) is 3.96. The zero-order valence-electron chi connectivity index (χ0n) is 18.1. The van der Waals surface area contributed by atoms with Gasteiger partial charge in [0.25, 0.3) is 11.6 Å². The number of anilines is 1. The lowest BCUT2D eigenvalue weighted by atomic mass is 10.0. The van der Waals surface area contributed by atoms with Crippen molar-refractivity contribution in [2.45, 2.75) is 38.1 Å². The first-order valence-electron chi connectivity index (χ1n) is 11.6. The van der Waals surface area contributed by atoms with Crippen molar-refractivity contribution >= 4 is 22.8 Å². The number of likely N-dealkylation sites (tertiary alicyclic amines) is 1. The van der Waals surface area contributed by atoms with Crippen LogP contribution in [0, 0.1) is 0 Å². The summed E-state index contributed by atoms with van der Waals surface area (Å²) >= 11 is 0. The fraction of sp³-hybridized carbons (Fsp3) is 0.400. The van der Waals surface area contributed by atoms with E-state index in [1.165, 1.54) is 32.4 Å². The van der Waals surface area contributed by atoms with Gasteiger partial charge < -0.3 is 14.2 Å². The van der Waals surface area contributed by atoms with Crippen LogP contribution in [0.25, 0.3) is 27.9 Å². The van der Waals surface area contributed by atoms with E-state index in [2.05, 4.69) is 19.8 Å². The third-order valence-electron chi connectivity index (χ3n) is 6.95. The maximum Gasteiger partial charge on any atom is 0.299 e. The van der Waals surface area contributed by atoms with Crippen molar-refractivity contribution < 1.29 is 4.42 Å². The minimum absolute atomic E-state index is 0.0479. The SMILES string of the molecule is O=c1cccc2c(-c3cnc4nc(N5CCC(N6CCCCC6)CC5)oc4c3)cccn12. The standard InChI is InChI=1S/C25H27N5O2/c31-23-8-4-7-21-20(6-5-13-30(21)23)18-16-22-24(26-17-18)27-25(32-22)29-14-9-19(10-15-29)28-11-2-1-3-12-28/h4-8,13,16-17,19H,1-3,9-12,14-15H2. The number of hydrogen-bond acceptors (Lipinski definition) is 6. The maximum absolute atomic E-state index is 12.2. The molecular formula is C25H27N5O2. The Labute approximate surface area is 186 Å². The molecule has 0 unspecified atom stereocenters. The third kappa shape index (κ3) is 3.46. The van der Waals surface area contributed by atoms with Crippen LogP contribution in [0.5, 0.6) is 0 Å². The highest BCUT2D eigenvalue weighted by atomic mass is 16.4. The quantitative estimate of drug-likeness (QED) is 0.491. The topological polar surface area (TPSA) is 66.9 Å². The molecule has 2 aliphatic heterocycles. The summed E-state index contributed by atoms with van der Waals surface area (Å²) in [7, 11) is 0. The van der Waals surface area contributed by atoms with Gasteiger partial charge in [0.1, 0.15) is 0 Å². The normalized spacial score (nSPS) is 18.6. The zero-order chi connectivity index (χ0) is 21.5. The van der Waals surface area contributed by atoms with E-state index >= 15 is 0 Å². The predicted molar refractivity (Wildman–Crippen MR) is 125 cm³/mol. The van der Waals surface area contributed by atoms with Crippen LogP contribution in [-0.2, 0) is 0 Å². The second kappa shape index (κ2) is 8.06. The molecule has 164 valence electrons. The number of fused-ring (bicyclic) bond motifs is 2. The smallest absolute Gasteiger partial charge is 0.299 e. The average Bonchev–Trinajstić information content (AvgIpc) is 3.28. The molecule has 0 bridgehead atoms. The van der Waals surface area contributed by atoms with Crippen LogP contribution >= 0.6 is 0 Å². The molecule has 0 aliphatic carbocycles. The van der Waals surface area contributed by atoms with E-state index < -0.39 is 0 Å². The Morgan fingerprint density at radius 3 is 2.66 bits per heavy atom. The van der Waals surface area contributed by atoms with E-state index in [-0.39, 0.29) is 5.56 Å². The van der Waals surface area contributed by atoms with Crippen molar-refractivity contribution in [1.29, 1.82) is 0 Å².